The lowest BCUT2D eigenvalue weighted by Gasteiger charge is -2.12. The number of hydrogen-bond acceptors (Lipinski definition) is 6. The molecular weight excluding hydrogens is 318 g/mol. The molecule has 0 spiro atoms. The minimum atomic E-state index is -1.11. The number of aromatic carboxylic acids is 1. The summed E-state index contributed by atoms with van der Waals surface area (Å²) in [6, 6.07) is 3.92. The normalized spacial score (nSPS) is 11.9. The summed E-state index contributed by atoms with van der Waals surface area (Å²) in [5.74, 6) is -1.11. The quantitative estimate of drug-likeness (QED) is 0.642. The second-order valence-electron chi connectivity index (χ2n) is 4.16. The van der Waals surface area contributed by atoms with Gasteiger partial charge in [0.15, 0.2) is 5.69 Å². The van der Waals surface area contributed by atoms with Gasteiger partial charge in [-0.2, -0.15) is 0 Å². The van der Waals surface area contributed by atoms with Crippen molar-refractivity contribution in [3.05, 3.63) is 49.4 Å². The van der Waals surface area contributed by atoms with Gasteiger partial charge in [-0.25, -0.2) is 9.78 Å². The first kappa shape index (κ1) is 15.2. The summed E-state index contributed by atoms with van der Waals surface area (Å²) >= 11 is 6.92. The van der Waals surface area contributed by atoms with Gasteiger partial charge in [-0.1, -0.05) is 11.6 Å². The van der Waals surface area contributed by atoms with Crippen molar-refractivity contribution < 1.29 is 14.8 Å². The molecule has 2 N–H and O–H groups in total. The Balaban J connectivity index is 2.24. The van der Waals surface area contributed by atoms with Crippen LogP contribution < -0.4 is 5.32 Å². The lowest BCUT2D eigenvalue weighted by molar-refractivity contribution is -0.384. The molecule has 0 aliphatic rings. The molecule has 9 heteroatoms. The Kier molecular flexibility index (Phi) is 4.39. The zero-order valence-electron chi connectivity index (χ0n) is 10.7. The van der Waals surface area contributed by atoms with Gasteiger partial charge in [0.1, 0.15) is 10.7 Å². The summed E-state index contributed by atoms with van der Waals surface area (Å²) in [6.07, 6.45) is 0. The molecule has 0 aliphatic heterocycles. The number of anilines is 1. The number of hydrogen-bond donors (Lipinski definition) is 2. The van der Waals surface area contributed by atoms with Crippen LogP contribution in [-0.4, -0.2) is 21.0 Å². The summed E-state index contributed by atoms with van der Waals surface area (Å²) in [4.78, 5) is 25.2. The third-order valence-corrected chi connectivity index (χ3v) is 3.90. The topological polar surface area (TPSA) is 105 Å². The molecule has 0 saturated heterocycles. The number of benzene rings is 1. The molecule has 1 unspecified atom stereocenters. The van der Waals surface area contributed by atoms with E-state index in [9.17, 15) is 14.9 Å². The van der Waals surface area contributed by atoms with E-state index in [1.807, 2.05) is 0 Å². The Morgan fingerprint density at radius 1 is 1.57 bits per heavy atom. The Morgan fingerprint density at radius 3 is 2.86 bits per heavy atom. The minimum absolute atomic E-state index is 0.0470. The number of nitro benzene ring substituents is 1. The minimum Gasteiger partial charge on any atom is -0.476 e. The molecule has 7 nitrogen and oxygen atoms in total. The Morgan fingerprint density at radius 2 is 2.29 bits per heavy atom. The van der Waals surface area contributed by atoms with Crippen LogP contribution in [0.15, 0.2) is 23.6 Å². The molecule has 110 valence electrons. The van der Waals surface area contributed by atoms with Crippen LogP contribution in [0.3, 0.4) is 0 Å². The van der Waals surface area contributed by atoms with Gasteiger partial charge in [0.05, 0.1) is 11.0 Å². The van der Waals surface area contributed by atoms with Crippen LogP contribution in [0.1, 0.15) is 28.5 Å². The molecule has 1 aromatic heterocycles. The zero-order valence-corrected chi connectivity index (χ0v) is 12.3. The fourth-order valence-corrected chi connectivity index (χ4v) is 2.62. The second kappa shape index (κ2) is 6.06. The summed E-state index contributed by atoms with van der Waals surface area (Å²) in [7, 11) is 0. The molecular formula is C12H10ClN3O4S. The summed E-state index contributed by atoms with van der Waals surface area (Å²) in [5.41, 5.74) is 0.0996. The molecule has 1 heterocycles. The van der Waals surface area contributed by atoms with Gasteiger partial charge < -0.3 is 10.4 Å². The maximum absolute atomic E-state index is 11.0. The average Bonchev–Trinajstić information content (AvgIpc) is 2.90. The van der Waals surface area contributed by atoms with E-state index >= 15 is 0 Å². The van der Waals surface area contributed by atoms with E-state index in [0.717, 1.165) is 0 Å². The second-order valence-corrected chi connectivity index (χ2v) is 5.49. The molecule has 21 heavy (non-hydrogen) atoms. The predicted molar refractivity (Wildman–Crippen MR) is 79.2 cm³/mol. The van der Waals surface area contributed by atoms with Crippen LogP contribution in [-0.2, 0) is 0 Å². The van der Waals surface area contributed by atoms with E-state index in [0.29, 0.717) is 10.7 Å². The molecule has 1 aromatic carbocycles. The van der Waals surface area contributed by atoms with Gasteiger partial charge >= 0.3 is 5.97 Å². The average molecular weight is 328 g/mol. The van der Waals surface area contributed by atoms with Gasteiger partial charge in [0.25, 0.3) is 5.69 Å². The van der Waals surface area contributed by atoms with E-state index < -0.39 is 10.9 Å². The molecule has 0 aliphatic carbocycles. The first-order chi connectivity index (χ1) is 9.88. The van der Waals surface area contributed by atoms with E-state index in [1.54, 1.807) is 6.92 Å². The molecule has 1 atom stereocenters. The van der Waals surface area contributed by atoms with E-state index in [1.165, 1.54) is 34.9 Å². The zero-order chi connectivity index (χ0) is 15.6. The molecule has 2 aromatic rings. The predicted octanol–water partition coefficient (Wildman–Crippen LogP) is 3.58. The van der Waals surface area contributed by atoms with Crippen LogP contribution in [0.25, 0.3) is 0 Å². The number of thiazole rings is 1. The van der Waals surface area contributed by atoms with Crippen molar-refractivity contribution in [2.45, 2.75) is 13.0 Å². The Labute approximate surface area is 128 Å². The van der Waals surface area contributed by atoms with Gasteiger partial charge in [-0.05, 0) is 19.1 Å². The highest BCUT2D eigenvalue weighted by Gasteiger charge is 2.19. The monoisotopic (exact) mass is 327 g/mol. The maximum atomic E-state index is 11.0. The van der Waals surface area contributed by atoms with Crippen molar-refractivity contribution in [1.29, 1.82) is 0 Å². The fraction of sp³-hybridized carbons (Fsp3) is 0.167. The number of nitrogens with one attached hydrogen (secondary N) is 1. The van der Waals surface area contributed by atoms with Gasteiger partial charge in [0.2, 0.25) is 0 Å². The van der Waals surface area contributed by atoms with Crippen molar-refractivity contribution in [2.24, 2.45) is 0 Å². The highest BCUT2D eigenvalue weighted by atomic mass is 35.5. The van der Waals surface area contributed by atoms with Crippen molar-refractivity contribution >= 4 is 40.3 Å². The third kappa shape index (κ3) is 3.47. The molecule has 0 radical (unpaired) electrons. The standard InChI is InChI=1S/C12H10ClN3O4S/c1-6(11-15-9(5-21-11)12(17)18)14-8-3-2-7(13)4-10(8)16(19)20/h2-6,14H,1H3,(H,17,18). The number of halogens is 1. The maximum Gasteiger partial charge on any atom is 0.355 e. The number of nitro groups is 1. The molecule has 0 fully saturated rings. The Bertz CT molecular complexity index is 704. The Hall–Kier alpha value is -2.19. The SMILES string of the molecule is CC(Nc1ccc(Cl)cc1[N+](=O)[O-])c1nc(C(=O)O)cs1. The number of carboxylic acid groups (broad SMARTS) is 1. The summed E-state index contributed by atoms with van der Waals surface area (Å²) in [6.45, 7) is 1.74. The van der Waals surface area contributed by atoms with Gasteiger partial charge in [-0.15, -0.1) is 11.3 Å². The molecule has 0 saturated carbocycles. The number of aromatic nitrogens is 1. The number of carboxylic acids is 1. The van der Waals surface area contributed by atoms with Crippen LogP contribution in [0.4, 0.5) is 11.4 Å². The number of rotatable bonds is 5. The van der Waals surface area contributed by atoms with E-state index in [4.69, 9.17) is 16.7 Å². The van der Waals surface area contributed by atoms with Crippen LogP contribution >= 0.6 is 22.9 Å². The van der Waals surface area contributed by atoms with Crippen molar-refractivity contribution in [2.75, 3.05) is 5.32 Å². The van der Waals surface area contributed by atoms with Gasteiger partial charge in [-0.3, -0.25) is 10.1 Å². The first-order valence-corrected chi connectivity index (χ1v) is 7.03. The van der Waals surface area contributed by atoms with Crippen molar-refractivity contribution in [3.8, 4) is 0 Å². The number of nitrogens with zero attached hydrogens (tertiary/aromatic N) is 2. The van der Waals surface area contributed by atoms with Crippen LogP contribution in [0, 0.1) is 10.1 Å². The molecule has 0 bridgehead atoms. The van der Waals surface area contributed by atoms with Crippen molar-refractivity contribution in [3.63, 3.8) is 0 Å². The highest BCUT2D eigenvalue weighted by Crippen LogP contribution is 2.31. The van der Waals surface area contributed by atoms with Crippen LogP contribution in [0.2, 0.25) is 5.02 Å². The lowest BCUT2D eigenvalue weighted by atomic mass is 10.2. The fourth-order valence-electron chi connectivity index (χ4n) is 1.66. The van der Waals surface area contributed by atoms with Crippen LogP contribution in [0.5, 0.6) is 0 Å². The molecule has 2 rings (SSSR count). The molecule has 0 amide bonds. The van der Waals surface area contributed by atoms with Crippen molar-refractivity contribution in [1.82, 2.24) is 4.98 Å². The lowest BCUT2D eigenvalue weighted by Crippen LogP contribution is -2.09. The highest BCUT2D eigenvalue weighted by molar-refractivity contribution is 7.09. The summed E-state index contributed by atoms with van der Waals surface area (Å²) < 4.78 is 0. The third-order valence-electron chi connectivity index (χ3n) is 2.64. The van der Waals surface area contributed by atoms with E-state index in [-0.39, 0.29) is 22.4 Å². The smallest absolute Gasteiger partial charge is 0.355 e. The number of carbonyl (C=O) groups is 1. The summed E-state index contributed by atoms with van der Waals surface area (Å²) in [5, 5.41) is 25.0. The largest absolute Gasteiger partial charge is 0.476 e. The van der Waals surface area contributed by atoms with E-state index in [2.05, 4.69) is 10.3 Å². The first-order valence-electron chi connectivity index (χ1n) is 5.77. The van der Waals surface area contributed by atoms with Gasteiger partial charge in [0, 0.05) is 16.5 Å².